The predicted molar refractivity (Wildman–Crippen MR) is 111 cm³/mol. The summed E-state index contributed by atoms with van der Waals surface area (Å²) in [5, 5.41) is 6.07. The first kappa shape index (κ1) is 23.8. The van der Waals surface area contributed by atoms with E-state index in [9.17, 15) is 18.4 Å². The number of para-hydroxylation sites is 1. The molecule has 0 radical (unpaired) electrons. The number of amides is 1. The minimum Gasteiger partial charge on any atom is -0.480 e. The van der Waals surface area contributed by atoms with E-state index in [2.05, 4.69) is 15.3 Å². The lowest BCUT2D eigenvalue weighted by atomic mass is 10.0. The van der Waals surface area contributed by atoms with Crippen LogP contribution in [0.1, 0.15) is 36.0 Å². The van der Waals surface area contributed by atoms with Crippen LogP contribution in [0.2, 0.25) is 0 Å². The molecule has 0 saturated carbocycles. The largest absolute Gasteiger partial charge is 0.480 e. The molecular weight excluding hydrogens is 408 g/mol. The third kappa shape index (κ3) is 7.36. The van der Waals surface area contributed by atoms with Crippen molar-refractivity contribution < 1.29 is 23.1 Å². The first-order valence-corrected chi connectivity index (χ1v) is 9.72. The van der Waals surface area contributed by atoms with E-state index in [1.165, 1.54) is 24.3 Å². The second-order valence-electron chi connectivity index (χ2n) is 6.71. The van der Waals surface area contributed by atoms with Crippen molar-refractivity contribution in [1.82, 2.24) is 5.32 Å². The highest BCUT2D eigenvalue weighted by Gasteiger charge is 2.23. The number of azide groups is 1. The number of nitrogens with two attached hydrogens (primary N) is 1. The molecule has 10 heteroatoms. The average molecular weight is 431 g/mol. The summed E-state index contributed by atoms with van der Waals surface area (Å²) in [5.41, 5.74) is 14.5. The Morgan fingerprint density at radius 2 is 1.84 bits per heavy atom. The van der Waals surface area contributed by atoms with Crippen molar-refractivity contribution in [2.45, 2.75) is 31.7 Å². The Morgan fingerprint density at radius 1 is 1.13 bits per heavy atom. The Labute approximate surface area is 178 Å². The van der Waals surface area contributed by atoms with Gasteiger partial charge in [0.2, 0.25) is 0 Å². The first-order chi connectivity index (χ1) is 15.0. The second kappa shape index (κ2) is 12.3. The topological polar surface area (TPSA) is 130 Å². The van der Waals surface area contributed by atoms with Gasteiger partial charge in [0.1, 0.15) is 6.61 Å². The molecule has 3 N–H and O–H groups in total. The Hall–Kier alpha value is -3.49. The van der Waals surface area contributed by atoms with E-state index in [0.29, 0.717) is 19.4 Å². The highest BCUT2D eigenvalue weighted by molar-refractivity contribution is 5.98. The summed E-state index contributed by atoms with van der Waals surface area (Å²) < 4.78 is 32.5. The summed E-state index contributed by atoms with van der Waals surface area (Å²) in [6.45, 7) is -0.106. The van der Waals surface area contributed by atoms with E-state index in [0.717, 1.165) is 25.0 Å². The second-order valence-corrected chi connectivity index (χ2v) is 6.71. The minimum atomic E-state index is -0.928. The van der Waals surface area contributed by atoms with Gasteiger partial charge in [-0.05, 0) is 49.2 Å². The molecule has 1 atom stereocenters. The highest BCUT2D eigenvalue weighted by Crippen LogP contribution is 2.21. The number of hydrogen-bond donors (Lipinski definition) is 2. The molecular formula is C21H23F2N5O3. The number of ketones is 1. The lowest BCUT2D eigenvalue weighted by Gasteiger charge is -2.18. The van der Waals surface area contributed by atoms with E-state index < -0.39 is 41.7 Å². The molecule has 31 heavy (non-hydrogen) atoms. The molecule has 1 amide bonds. The number of nitrogens with one attached hydrogen (secondary N) is 1. The monoisotopic (exact) mass is 431 g/mol. The lowest BCUT2D eigenvalue weighted by Crippen LogP contribution is -2.43. The van der Waals surface area contributed by atoms with Crippen LogP contribution in [0.15, 0.2) is 47.6 Å². The molecule has 0 saturated heterocycles. The number of halogens is 2. The number of unbranched alkanes of at least 4 members (excludes halogenated alkanes) is 2. The van der Waals surface area contributed by atoms with Crippen LogP contribution in [0.3, 0.4) is 0 Å². The molecule has 8 nitrogen and oxygen atoms in total. The Balaban J connectivity index is 2.09. The zero-order valence-electron chi connectivity index (χ0n) is 16.8. The highest BCUT2D eigenvalue weighted by atomic mass is 19.1. The van der Waals surface area contributed by atoms with Gasteiger partial charge in [-0.15, -0.1) is 0 Å². The third-order valence-electron chi connectivity index (χ3n) is 4.44. The van der Waals surface area contributed by atoms with Crippen LogP contribution in [-0.4, -0.2) is 30.9 Å². The zero-order valence-corrected chi connectivity index (χ0v) is 16.8. The van der Waals surface area contributed by atoms with E-state index in [-0.39, 0.29) is 11.3 Å². The SMILES string of the molecule is [N-]=[N+]=Nc1cccc(C(=O)N[C@@H](CCCCCN)C(=O)COc2c(F)cccc2F)c1. The van der Waals surface area contributed by atoms with Crippen molar-refractivity contribution in [3.63, 3.8) is 0 Å². The minimum absolute atomic E-state index is 0.200. The number of ether oxygens (including phenoxy) is 1. The summed E-state index contributed by atoms with van der Waals surface area (Å²) in [7, 11) is 0. The van der Waals surface area contributed by atoms with Crippen LogP contribution in [0.4, 0.5) is 14.5 Å². The molecule has 164 valence electrons. The maximum absolute atomic E-state index is 13.7. The molecule has 0 aliphatic carbocycles. The molecule has 2 aromatic carbocycles. The normalized spacial score (nSPS) is 11.3. The zero-order chi connectivity index (χ0) is 22.6. The van der Waals surface area contributed by atoms with Crippen LogP contribution < -0.4 is 15.8 Å². The van der Waals surface area contributed by atoms with Gasteiger partial charge in [0, 0.05) is 16.2 Å². The maximum Gasteiger partial charge on any atom is 0.251 e. The van der Waals surface area contributed by atoms with Gasteiger partial charge in [0.15, 0.2) is 23.2 Å². The van der Waals surface area contributed by atoms with Gasteiger partial charge in [-0.2, -0.15) is 0 Å². The van der Waals surface area contributed by atoms with Crippen LogP contribution in [0.5, 0.6) is 5.75 Å². The smallest absolute Gasteiger partial charge is 0.251 e. The number of hydrogen-bond acceptors (Lipinski definition) is 5. The Kier molecular flexibility index (Phi) is 9.41. The Morgan fingerprint density at radius 3 is 2.52 bits per heavy atom. The van der Waals surface area contributed by atoms with E-state index in [4.69, 9.17) is 16.0 Å². The number of carbonyl (C=O) groups is 2. The number of nitrogens with zero attached hydrogens (tertiary/aromatic N) is 3. The molecule has 2 rings (SSSR count). The molecule has 0 aromatic heterocycles. The third-order valence-corrected chi connectivity index (χ3v) is 4.44. The van der Waals surface area contributed by atoms with E-state index in [1.54, 1.807) is 6.07 Å². The molecule has 0 unspecified atom stereocenters. The Bertz CT molecular complexity index is 944. The average Bonchev–Trinajstić information content (AvgIpc) is 2.75. The van der Waals surface area contributed by atoms with Crippen LogP contribution >= 0.6 is 0 Å². The van der Waals surface area contributed by atoms with Gasteiger partial charge in [-0.1, -0.05) is 36.2 Å². The quantitative estimate of drug-likeness (QED) is 0.226. The molecule has 0 bridgehead atoms. The standard InChI is InChI=1S/C21H23F2N5O3/c22-16-8-5-9-17(23)20(16)31-13-19(29)18(10-2-1-3-11-24)26-21(30)14-6-4-7-15(12-14)27-28-25/h4-9,12,18H,1-3,10-11,13,24H2,(H,26,30)/t18-/m0/s1. The molecule has 0 fully saturated rings. The summed E-state index contributed by atoms with van der Waals surface area (Å²) in [5.74, 6) is -3.58. The van der Waals surface area contributed by atoms with Crippen LogP contribution in [0.25, 0.3) is 10.4 Å². The molecule has 0 aliphatic rings. The lowest BCUT2D eigenvalue weighted by molar-refractivity contribution is -0.123. The fourth-order valence-electron chi connectivity index (χ4n) is 2.85. The maximum atomic E-state index is 13.7. The van der Waals surface area contributed by atoms with Gasteiger partial charge in [0.25, 0.3) is 5.91 Å². The van der Waals surface area contributed by atoms with Crippen molar-refractivity contribution in [3.05, 3.63) is 70.1 Å². The van der Waals surface area contributed by atoms with Crippen molar-refractivity contribution >= 4 is 17.4 Å². The van der Waals surface area contributed by atoms with Gasteiger partial charge in [-0.25, -0.2) is 8.78 Å². The molecule has 2 aromatic rings. The van der Waals surface area contributed by atoms with Crippen molar-refractivity contribution in [1.29, 1.82) is 0 Å². The summed E-state index contributed by atoms with van der Waals surface area (Å²) in [6.07, 6.45) is 2.44. The molecule has 0 aliphatic heterocycles. The number of rotatable bonds is 12. The number of benzene rings is 2. The fourth-order valence-corrected chi connectivity index (χ4v) is 2.85. The predicted octanol–water partition coefficient (Wildman–Crippen LogP) is 4.17. The van der Waals surface area contributed by atoms with Gasteiger partial charge < -0.3 is 15.8 Å². The molecule has 0 spiro atoms. The first-order valence-electron chi connectivity index (χ1n) is 9.72. The van der Waals surface area contributed by atoms with Gasteiger partial charge in [-0.3, -0.25) is 9.59 Å². The fraction of sp³-hybridized carbons (Fsp3) is 0.333. The van der Waals surface area contributed by atoms with Crippen LogP contribution in [-0.2, 0) is 4.79 Å². The van der Waals surface area contributed by atoms with Crippen LogP contribution in [0, 0.1) is 11.6 Å². The van der Waals surface area contributed by atoms with Crippen molar-refractivity contribution in [2.75, 3.05) is 13.2 Å². The number of carbonyl (C=O) groups excluding carboxylic acids is 2. The van der Waals surface area contributed by atoms with Gasteiger partial charge in [0.05, 0.1) is 6.04 Å². The number of Topliss-reactive ketones (excluding diaryl/α,β-unsaturated/α-hetero) is 1. The van der Waals surface area contributed by atoms with E-state index in [1.807, 2.05) is 0 Å². The summed E-state index contributed by atoms with van der Waals surface area (Å²) in [4.78, 5) is 27.9. The van der Waals surface area contributed by atoms with E-state index >= 15 is 0 Å². The van der Waals surface area contributed by atoms with Gasteiger partial charge >= 0.3 is 0 Å². The molecule has 0 heterocycles. The summed E-state index contributed by atoms with van der Waals surface area (Å²) in [6, 6.07) is 8.26. The summed E-state index contributed by atoms with van der Waals surface area (Å²) >= 11 is 0. The van der Waals surface area contributed by atoms with Crippen molar-refractivity contribution in [3.8, 4) is 5.75 Å². The van der Waals surface area contributed by atoms with Crippen molar-refractivity contribution in [2.24, 2.45) is 10.8 Å².